The highest BCUT2D eigenvalue weighted by Crippen LogP contribution is 2.18. The Hall–Kier alpha value is -1.09. The molecule has 0 radical (unpaired) electrons. The number of hydrogen-bond donors (Lipinski definition) is 1. The summed E-state index contributed by atoms with van der Waals surface area (Å²) in [5, 5.41) is 8.93. The van der Waals surface area contributed by atoms with E-state index in [4.69, 9.17) is 16.7 Å². The monoisotopic (exact) mass is 185 g/mol. The number of hydrogen-bond acceptors (Lipinski definition) is 2. The number of nitrogens with zero attached hydrogens (tertiary/aromatic N) is 1. The van der Waals surface area contributed by atoms with Crippen molar-refractivity contribution in [2.45, 2.75) is 13.3 Å². The van der Waals surface area contributed by atoms with Gasteiger partial charge in [0.2, 0.25) is 0 Å². The molecule has 0 aliphatic heterocycles. The van der Waals surface area contributed by atoms with Gasteiger partial charge in [0.15, 0.2) is 0 Å². The van der Waals surface area contributed by atoms with Gasteiger partial charge in [-0.2, -0.15) is 0 Å². The quantitative estimate of drug-likeness (QED) is 0.763. The normalized spacial score (nSPS) is 9.83. The molecule has 64 valence electrons. The third-order valence-corrected chi connectivity index (χ3v) is 1.99. The van der Waals surface area contributed by atoms with E-state index in [9.17, 15) is 4.79 Å². The standard InChI is InChI=1S/C8H8ClNO2/c1-5-2-3-10-6(8(5)9)4-7(11)12/h2-3H,4H2,1H3,(H,11,12). The molecule has 3 nitrogen and oxygen atoms in total. The number of carboxylic acid groups (broad SMARTS) is 1. The van der Waals surface area contributed by atoms with Gasteiger partial charge in [-0.25, -0.2) is 0 Å². The van der Waals surface area contributed by atoms with Crippen molar-refractivity contribution in [2.75, 3.05) is 0 Å². The van der Waals surface area contributed by atoms with Crippen LogP contribution in [0.4, 0.5) is 0 Å². The zero-order valence-corrected chi connectivity index (χ0v) is 7.30. The van der Waals surface area contributed by atoms with E-state index in [0.29, 0.717) is 10.7 Å². The lowest BCUT2D eigenvalue weighted by molar-refractivity contribution is -0.136. The predicted octanol–water partition coefficient (Wildman–Crippen LogP) is 1.67. The fraction of sp³-hybridized carbons (Fsp3) is 0.250. The summed E-state index contributed by atoms with van der Waals surface area (Å²) in [4.78, 5) is 14.2. The third-order valence-electron chi connectivity index (χ3n) is 1.47. The second-order valence-corrected chi connectivity index (χ2v) is 2.84. The maximum Gasteiger partial charge on any atom is 0.309 e. The Bertz CT molecular complexity index is 312. The van der Waals surface area contributed by atoms with Crippen LogP contribution in [-0.2, 0) is 11.2 Å². The van der Waals surface area contributed by atoms with E-state index in [1.165, 1.54) is 0 Å². The number of halogens is 1. The Labute approximate surface area is 75.0 Å². The van der Waals surface area contributed by atoms with Gasteiger partial charge in [0.05, 0.1) is 17.1 Å². The molecule has 12 heavy (non-hydrogen) atoms. The SMILES string of the molecule is Cc1ccnc(CC(=O)O)c1Cl. The number of pyridine rings is 1. The van der Waals surface area contributed by atoms with Gasteiger partial charge in [-0.15, -0.1) is 0 Å². The maximum atomic E-state index is 10.3. The molecule has 0 aliphatic carbocycles. The van der Waals surface area contributed by atoms with E-state index in [0.717, 1.165) is 5.56 Å². The first-order chi connectivity index (χ1) is 5.61. The van der Waals surface area contributed by atoms with Crippen molar-refractivity contribution in [3.8, 4) is 0 Å². The van der Waals surface area contributed by atoms with Crippen molar-refractivity contribution >= 4 is 17.6 Å². The molecule has 0 fully saturated rings. The number of rotatable bonds is 2. The van der Waals surface area contributed by atoms with E-state index in [1.807, 2.05) is 6.92 Å². The predicted molar refractivity (Wildman–Crippen MR) is 45.3 cm³/mol. The molecule has 1 aromatic heterocycles. The smallest absolute Gasteiger partial charge is 0.309 e. The molecule has 1 aromatic rings. The molecule has 0 unspecified atom stereocenters. The largest absolute Gasteiger partial charge is 0.481 e. The molecular weight excluding hydrogens is 178 g/mol. The minimum absolute atomic E-state index is 0.124. The molecule has 0 saturated heterocycles. The maximum absolute atomic E-state index is 10.3. The average Bonchev–Trinajstić information content (AvgIpc) is 1.98. The van der Waals surface area contributed by atoms with Gasteiger partial charge >= 0.3 is 5.97 Å². The van der Waals surface area contributed by atoms with Crippen molar-refractivity contribution in [1.82, 2.24) is 4.98 Å². The molecule has 1 rings (SSSR count). The molecule has 0 atom stereocenters. The fourth-order valence-electron chi connectivity index (χ4n) is 0.863. The van der Waals surface area contributed by atoms with Crippen LogP contribution in [0.1, 0.15) is 11.3 Å². The lowest BCUT2D eigenvalue weighted by Gasteiger charge is -2.01. The Kier molecular flexibility index (Phi) is 2.65. The molecule has 4 heteroatoms. The highest BCUT2D eigenvalue weighted by atomic mass is 35.5. The lowest BCUT2D eigenvalue weighted by Crippen LogP contribution is -2.03. The summed E-state index contributed by atoms with van der Waals surface area (Å²) in [5.41, 5.74) is 1.27. The van der Waals surface area contributed by atoms with Gasteiger partial charge in [0.1, 0.15) is 0 Å². The highest BCUT2D eigenvalue weighted by Gasteiger charge is 2.07. The molecule has 0 aromatic carbocycles. The van der Waals surface area contributed by atoms with Gasteiger partial charge in [-0.1, -0.05) is 11.6 Å². The third kappa shape index (κ3) is 1.95. The van der Waals surface area contributed by atoms with Crippen molar-refractivity contribution in [3.05, 3.63) is 28.5 Å². The summed E-state index contributed by atoms with van der Waals surface area (Å²) in [6, 6.07) is 1.74. The highest BCUT2D eigenvalue weighted by molar-refractivity contribution is 6.32. The van der Waals surface area contributed by atoms with Crippen LogP contribution in [0.2, 0.25) is 5.02 Å². The number of aromatic nitrogens is 1. The van der Waals surface area contributed by atoms with Gasteiger partial charge in [0, 0.05) is 6.20 Å². The summed E-state index contributed by atoms with van der Waals surface area (Å²) in [6.07, 6.45) is 1.43. The zero-order valence-electron chi connectivity index (χ0n) is 6.54. The van der Waals surface area contributed by atoms with Crippen molar-refractivity contribution in [1.29, 1.82) is 0 Å². The van der Waals surface area contributed by atoms with E-state index in [2.05, 4.69) is 4.98 Å². The van der Waals surface area contributed by atoms with Crippen LogP contribution in [0.5, 0.6) is 0 Å². The second-order valence-electron chi connectivity index (χ2n) is 2.46. The average molecular weight is 186 g/mol. The summed E-state index contributed by atoms with van der Waals surface area (Å²) in [7, 11) is 0. The summed E-state index contributed by atoms with van der Waals surface area (Å²) in [5.74, 6) is -0.921. The van der Waals surface area contributed by atoms with Crippen LogP contribution in [0.25, 0.3) is 0 Å². The van der Waals surface area contributed by atoms with Crippen molar-refractivity contribution in [3.63, 3.8) is 0 Å². The summed E-state index contributed by atoms with van der Waals surface area (Å²) >= 11 is 5.81. The molecule has 0 spiro atoms. The minimum atomic E-state index is -0.921. The van der Waals surface area contributed by atoms with Crippen LogP contribution in [0.3, 0.4) is 0 Å². The van der Waals surface area contributed by atoms with Gasteiger partial charge in [-0.05, 0) is 18.6 Å². The second kappa shape index (κ2) is 3.54. The van der Waals surface area contributed by atoms with Gasteiger partial charge in [-0.3, -0.25) is 9.78 Å². The van der Waals surface area contributed by atoms with Crippen molar-refractivity contribution < 1.29 is 9.90 Å². The van der Waals surface area contributed by atoms with Gasteiger partial charge < -0.3 is 5.11 Å². The molecule has 0 bridgehead atoms. The number of aliphatic carboxylic acids is 1. The Morgan fingerprint density at radius 2 is 2.42 bits per heavy atom. The van der Waals surface area contributed by atoms with E-state index in [1.54, 1.807) is 12.3 Å². The Morgan fingerprint density at radius 3 is 3.00 bits per heavy atom. The molecule has 0 saturated carbocycles. The fourth-order valence-corrected chi connectivity index (χ4v) is 1.04. The van der Waals surface area contributed by atoms with Crippen LogP contribution >= 0.6 is 11.6 Å². The van der Waals surface area contributed by atoms with E-state index >= 15 is 0 Å². The van der Waals surface area contributed by atoms with Crippen LogP contribution < -0.4 is 0 Å². The minimum Gasteiger partial charge on any atom is -0.481 e. The molecule has 1 heterocycles. The number of carboxylic acids is 1. The summed E-state index contributed by atoms with van der Waals surface area (Å²) < 4.78 is 0. The summed E-state index contributed by atoms with van der Waals surface area (Å²) in [6.45, 7) is 1.81. The van der Waals surface area contributed by atoms with E-state index in [-0.39, 0.29) is 6.42 Å². The first-order valence-corrected chi connectivity index (χ1v) is 3.81. The Balaban J connectivity index is 3.00. The molecule has 1 N–H and O–H groups in total. The molecule has 0 aliphatic rings. The first kappa shape index (κ1) is 9.00. The lowest BCUT2D eigenvalue weighted by atomic mass is 10.2. The topological polar surface area (TPSA) is 50.2 Å². The van der Waals surface area contributed by atoms with Crippen molar-refractivity contribution in [2.24, 2.45) is 0 Å². The number of aryl methyl sites for hydroxylation is 1. The number of carbonyl (C=O) groups is 1. The Morgan fingerprint density at radius 1 is 1.75 bits per heavy atom. The zero-order chi connectivity index (χ0) is 9.14. The van der Waals surface area contributed by atoms with Gasteiger partial charge in [0.25, 0.3) is 0 Å². The van der Waals surface area contributed by atoms with E-state index < -0.39 is 5.97 Å². The first-order valence-electron chi connectivity index (χ1n) is 3.43. The molecule has 0 amide bonds. The molecular formula is C8H8ClNO2. The van der Waals surface area contributed by atoms with Crippen LogP contribution in [0.15, 0.2) is 12.3 Å². The van der Waals surface area contributed by atoms with Crippen LogP contribution in [0, 0.1) is 6.92 Å². The van der Waals surface area contributed by atoms with Crippen LogP contribution in [-0.4, -0.2) is 16.1 Å².